The second-order valence-corrected chi connectivity index (χ2v) is 6.63. The molecule has 0 fully saturated rings. The Bertz CT molecular complexity index is 825. The lowest BCUT2D eigenvalue weighted by Gasteiger charge is -2.18. The van der Waals surface area contributed by atoms with Crippen LogP contribution in [-0.2, 0) is 23.1 Å². The van der Waals surface area contributed by atoms with E-state index in [0.29, 0.717) is 19.4 Å². The highest BCUT2D eigenvalue weighted by molar-refractivity contribution is 5.96. The normalized spacial score (nSPS) is 16.1. The topological polar surface area (TPSA) is 75.4 Å². The molecule has 0 radical (unpaired) electrons. The van der Waals surface area contributed by atoms with E-state index >= 15 is 0 Å². The molecule has 0 aliphatic carbocycles. The molecule has 6 heteroatoms. The van der Waals surface area contributed by atoms with Crippen molar-refractivity contribution >= 4 is 17.6 Å². The van der Waals surface area contributed by atoms with E-state index in [-0.39, 0.29) is 18.2 Å². The van der Waals surface area contributed by atoms with Crippen molar-refractivity contribution in [3.05, 3.63) is 46.8 Å². The molecular formula is C19H23N3O3. The molecule has 1 N–H and O–H groups in total. The lowest BCUT2D eigenvalue weighted by Crippen LogP contribution is -2.30. The summed E-state index contributed by atoms with van der Waals surface area (Å²) in [4.78, 5) is 25.7. The lowest BCUT2D eigenvalue weighted by atomic mass is 9.98. The van der Waals surface area contributed by atoms with Crippen LogP contribution in [0.5, 0.6) is 0 Å². The summed E-state index contributed by atoms with van der Waals surface area (Å²) in [5, 5.41) is 13.5. The van der Waals surface area contributed by atoms with Crippen LogP contribution in [0.3, 0.4) is 0 Å². The summed E-state index contributed by atoms with van der Waals surface area (Å²) in [6.07, 6.45) is 1.08. The van der Waals surface area contributed by atoms with Gasteiger partial charge in [-0.05, 0) is 37.5 Å². The predicted octanol–water partition coefficient (Wildman–Crippen LogP) is 2.57. The monoisotopic (exact) mass is 341 g/mol. The smallest absolute Gasteiger partial charge is 0.304 e. The standard InChI is InChI=1S/C19H23N3O3/c1-12-15(13(2)21(3)20-12)8-9-18(23)22-11-14(10-19(24)25)16-6-4-5-7-17(16)22/h4-7,14H,8-11H2,1-3H3,(H,24,25). The summed E-state index contributed by atoms with van der Waals surface area (Å²) in [7, 11) is 1.90. The molecule has 0 spiro atoms. The molecule has 1 atom stereocenters. The second kappa shape index (κ2) is 6.70. The number of hydrogen-bond acceptors (Lipinski definition) is 3. The van der Waals surface area contributed by atoms with Crippen LogP contribution in [0.15, 0.2) is 24.3 Å². The quantitative estimate of drug-likeness (QED) is 0.907. The van der Waals surface area contributed by atoms with Gasteiger partial charge in [0, 0.05) is 37.3 Å². The average Bonchev–Trinajstić information content (AvgIpc) is 3.04. The van der Waals surface area contributed by atoms with E-state index in [0.717, 1.165) is 28.2 Å². The van der Waals surface area contributed by atoms with Crippen molar-refractivity contribution in [1.82, 2.24) is 9.78 Å². The molecule has 1 aliphatic heterocycles. The fourth-order valence-corrected chi connectivity index (χ4v) is 3.66. The third kappa shape index (κ3) is 3.29. The number of amides is 1. The Morgan fingerprint density at radius 3 is 2.64 bits per heavy atom. The Balaban J connectivity index is 1.75. The fourth-order valence-electron chi connectivity index (χ4n) is 3.66. The average molecular weight is 341 g/mol. The summed E-state index contributed by atoms with van der Waals surface area (Å²) >= 11 is 0. The van der Waals surface area contributed by atoms with E-state index in [1.54, 1.807) is 4.90 Å². The Hall–Kier alpha value is -2.63. The molecule has 1 aromatic carbocycles. The fraction of sp³-hybridized carbons (Fsp3) is 0.421. The number of aliphatic carboxylic acids is 1. The predicted molar refractivity (Wildman–Crippen MR) is 94.8 cm³/mol. The van der Waals surface area contributed by atoms with Crippen LogP contribution in [0.2, 0.25) is 0 Å². The zero-order chi connectivity index (χ0) is 18.1. The highest BCUT2D eigenvalue weighted by atomic mass is 16.4. The maximum Gasteiger partial charge on any atom is 0.304 e. The third-order valence-electron chi connectivity index (χ3n) is 5.04. The van der Waals surface area contributed by atoms with Crippen LogP contribution >= 0.6 is 0 Å². The Labute approximate surface area is 147 Å². The van der Waals surface area contributed by atoms with E-state index < -0.39 is 5.97 Å². The van der Waals surface area contributed by atoms with Crippen molar-refractivity contribution in [3.63, 3.8) is 0 Å². The minimum absolute atomic E-state index is 0.0305. The van der Waals surface area contributed by atoms with Crippen molar-refractivity contribution in [2.45, 2.75) is 39.0 Å². The molecule has 0 bridgehead atoms. The van der Waals surface area contributed by atoms with E-state index in [9.17, 15) is 9.59 Å². The van der Waals surface area contributed by atoms with E-state index in [1.807, 2.05) is 49.8 Å². The molecule has 2 heterocycles. The van der Waals surface area contributed by atoms with Gasteiger partial charge in [0.2, 0.25) is 5.91 Å². The molecule has 2 aromatic rings. The summed E-state index contributed by atoms with van der Waals surface area (Å²) < 4.78 is 1.84. The number of anilines is 1. The Morgan fingerprint density at radius 2 is 2.00 bits per heavy atom. The van der Waals surface area contributed by atoms with Crippen molar-refractivity contribution in [1.29, 1.82) is 0 Å². The van der Waals surface area contributed by atoms with Gasteiger partial charge in [0.05, 0.1) is 12.1 Å². The highest BCUT2D eigenvalue weighted by Crippen LogP contribution is 2.38. The number of rotatable bonds is 5. The molecule has 0 saturated carbocycles. The van der Waals surface area contributed by atoms with Gasteiger partial charge in [0.25, 0.3) is 0 Å². The molecule has 1 unspecified atom stereocenters. The van der Waals surface area contributed by atoms with Crippen molar-refractivity contribution < 1.29 is 14.7 Å². The second-order valence-electron chi connectivity index (χ2n) is 6.63. The van der Waals surface area contributed by atoms with Crippen LogP contribution in [0.1, 0.15) is 41.3 Å². The molecule has 25 heavy (non-hydrogen) atoms. The number of benzene rings is 1. The first-order valence-electron chi connectivity index (χ1n) is 8.48. The number of carbonyl (C=O) groups is 2. The number of para-hydroxylation sites is 1. The number of hydrogen-bond donors (Lipinski definition) is 1. The molecule has 6 nitrogen and oxygen atoms in total. The molecular weight excluding hydrogens is 318 g/mol. The highest BCUT2D eigenvalue weighted by Gasteiger charge is 2.33. The van der Waals surface area contributed by atoms with Crippen LogP contribution < -0.4 is 4.90 Å². The maximum atomic E-state index is 12.8. The van der Waals surface area contributed by atoms with E-state index in [1.165, 1.54) is 0 Å². The van der Waals surface area contributed by atoms with Gasteiger partial charge in [0.1, 0.15) is 0 Å². The van der Waals surface area contributed by atoms with Crippen molar-refractivity contribution in [2.75, 3.05) is 11.4 Å². The van der Waals surface area contributed by atoms with Crippen LogP contribution in [0.25, 0.3) is 0 Å². The zero-order valence-corrected chi connectivity index (χ0v) is 14.8. The Kier molecular flexibility index (Phi) is 4.61. The minimum Gasteiger partial charge on any atom is -0.481 e. The molecule has 3 rings (SSSR count). The Morgan fingerprint density at radius 1 is 1.28 bits per heavy atom. The summed E-state index contributed by atoms with van der Waals surface area (Å²) in [6, 6.07) is 7.60. The number of carbonyl (C=O) groups excluding carboxylic acids is 1. The summed E-state index contributed by atoms with van der Waals surface area (Å²) in [5.74, 6) is -0.946. The van der Waals surface area contributed by atoms with Gasteiger partial charge >= 0.3 is 5.97 Å². The number of carboxylic acids is 1. The summed E-state index contributed by atoms with van der Waals surface area (Å²) in [6.45, 7) is 4.41. The molecule has 0 saturated heterocycles. The van der Waals surface area contributed by atoms with E-state index in [2.05, 4.69) is 5.10 Å². The van der Waals surface area contributed by atoms with Crippen LogP contribution in [0, 0.1) is 13.8 Å². The van der Waals surface area contributed by atoms with Gasteiger partial charge < -0.3 is 10.0 Å². The molecule has 1 aliphatic rings. The molecule has 132 valence electrons. The number of fused-ring (bicyclic) bond motifs is 1. The summed E-state index contributed by atoms with van der Waals surface area (Å²) in [5.41, 5.74) is 4.95. The minimum atomic E-state index is -0.837. The SMILES string of the molecule is Cc1nn(C)c(C)c1CCC(=O)N1CC(CC(=O)O)c2ccccc21. The van der Waals surface area contributed by atoms with Gasteiger partial charge in [-0.1, -0.05) is 18.2 Å². The first kappa shape index (κ1) is 17.2. The lowest BCUT2D eigenvalue weighted by molar-refractivity contribution is -0.137. The number of aromatic nitrogens is 2. The van der Waals surface area contributed by atoms with Gasteiger partial charge in [-0.25, -0.2) is 0 Å². The van der Waals surface area contributed by atoms with Gasteiger partial charge in [-0.3, -0.25) is 14.3 Å². The zero-order valence-electron chi connectivity index (χ0n) is 14.8. The van der Waals surface area contributed by atoms with Crippen molar-refractivity contribution in [2.24, 2.45) is 7.05 Å². The van der Waals surface area contributed by atoms with Gasteiger partial charge in [-0.15, -0.1) is 0 Å². The number of carboxylic acid groups (broad SMARTS) is 1. The van der Waals surface area contributed by atoms with Crippen LogP contribution in [-0.4, -0.2) is 33.3 Å². The van der Waals surface area contributed by atoms with E-state index in [4.69, 9.17) is 5.11 Å². The maximum absolute atomic E-state index is 12.8. The van der Waals surface area contributed by atoms with Gasteiger partial charge in [0.15, 0.2) is 0 Å². The molecule has 1 aromatic heterocycles. The number of aryl methyl sites for hydroxylation is 2. The van der Waals surface area contributed by atoms with Crippen LogP contribution in [0.4, 0.5) is 5.69 Å². The largest absolute Gasteiger partial charge is 0.481 e. The first-order valence-corrected chi connectivity index (χ1v) is 8.48. The van der Waals surface area contributed by atoms with Crippen molar-refractivity contribution in [3.8, 4) is 0 Å². The number of nitrogens with zero attached hydrogens (tertiary/aromatic N) is 3. The molecule has 1 amide bonds. The third-order valence-corrected chi connectivity index (χ3v) is 5.04. The first-order chi connectivity index (χ1) is 11.9. The van der Waals surface area contributed by atoms with Gasteiger partial charge in [-0.2, -0.15) is 5.10 Å².